The van der Waals surface area contributed by atoms with Crippen LogP contribution in [0.1, 0.15) is 44.4 Å². The third-order valence-electron chi connectivity index (χ3n) is 5.46. The molecule has 1 amide bonds. The van der Waals surface area contributed by atoms with Gasteiger partial charge in [-0.15, -0.1) is 0 Å². The number of hydrogen-bond acceptors (Lipinski definition) is 4. The largest absolute Gasteiger partial charge is 0.486 e. The molecule has 9 heteroatoms. The van der Waals surface area contributed by atoms with Crippen molar-refractivity contribution in [1.29, 1.82) is 0 Å². The summed E-state index contributed by atoms with van der Waals surface area (Å²) in [7, 11) is 0. The van der Waals surface area contributed by atoms with Crippen molar-refractivity contribution in [2.75, 3.05) is 5.32 Å². The van der Waals surface area contributed by atoms with Crippen molar-refractivity contribution in [2.45, 2.75) is 40.1 Å². The first kappa shape index (κ1) is 24.1. The Hall–Kier alpha value is -4.01. The molecule has 0 bridgehead atoms. The first-order valence-electron chi connectivity index (χ1n) is 10.9. The Balaban J connectivity index is 1.43. The van der Waals surface area contributed by atoms with Crippen LogP contribution in [0.4, 0.5) is 18.9 Å². The monoisotopic (exact) mass is 483 g/mol. The number of benzene rings is 2. The van der Waals surface area contributed by atoms with Crippen molar-refractivity contribution in [1.82, 2.24) is 9.78 Å². The van der Waals surface area contributed by atoms with E-state index in [4.69, 9.17) is 9.15 Å². The van der Waals surface area contributed by atoms with Crippen molar-refractivity contribution in [3.63, 3.8) is 0 Å². The lowest BCUT2D eigenvalue weighted by Crippen LogP contribution is -2.13. The molecule has 0 fully saturated rings. The van der Waals surface area contributed by atoms with E-state index in [9.17, 15) is 18.0 Å². The Bertz CT molecular complexity index is 1360. The van der Waals surface area contributed by atoms with Gasteiger partial charge in [0.25, 0.3) is 5.91 Å². The summed E-state index contributed by atoms with van der Waals surface area (Å²) in [4.78, 5) is 12.8. The number of hydrogen-bond donors (Lipinski definition) is 1. The molecule has 2 heterocycles. The molecule has 0 aliphatic rings. The summed E-state index contributed by atoms with van der Waals surface area (Å²) in [6.07, 6.45) is -4.42. The standard InChI is InChI=1S/C26H24F3N3O3/c1-16-6-4-9-21(12-16)34-15-22-10-11-23(35-22)25(33)30-24-17(2)31-32(18(24)3)14-19-7-5-8-20(13-19)26(27,28)29/h4-13H,14-15H2,1-3H3,(H,30,33). The first-order chi connectivity index (χ1) is 16.6. The van der Waals surface area contributed by atoms with Gasteiger partial charge in [-0.05, 0) is 68.3 Å². The highest BCUT2D eigenvalue weighted by Gasteiger charge is 2.30. The highest BCUT2D eigenvalue weighted by Crippen LogP contribution is 2.30. The maximum atomic E-state index is 13.0. The number of nitrogens with zero attached hydrogens (tertiary/aromatic N) is 2. The second-order valence-corrected chi connectivity index (χ2v) is 8.23. The van der Waals surface area contributed by atoms with Crippen LogP contribution < -0.4 is 10.1 Å². The van der Waals surface area contributed by atoms with E-state index in [2.05, 4.69) is 10.4 Å². The zero-order chi connectivity index (χ0) is 25.2. The first-order valence-corrected chi connectivity index (χ1v) is 10.9. The summed E-state index contributed by atoms with van der Waals surface area (Å²) in [6.45, 7) is 5.73. The van der Waals surface area contributed by atoms with Gasteiger partial charge in [0.15, 0.2) is 5.76 Å². The average Bonchev–Trinajstić information content (AvgIpc) is 3.38. The number of aromatic nitrogens is 2. The van der Waals surface area contributed by atoms with Crippen LogP contribution in [0, 0.1) is 20.8 Å². The van der Waals surface area contributed by atoms with Crippen LogP contribution in [0.2, 0.25) is 0 Å². The van der Waals surface area contributed by atoms with Crippen LogP contribution in [0.25, 0.3) is 0 Å². The molecule has 182 valence electrons. The van der Waals surface area contributed by atoms with Crippen LogP contribution in [-0.2, 0) is 19.3 Å². The van der Waals surface area contributed by atoms with Crippen LogP contribution >= 0.6 is 0 Å². The molecular formula is C26H24F3N3O3. The fourth-order valence-electron chi connectivity index (χ4n) is 3.66. The molecule has 0 aliphatic heterocycles. The molecule has 2 aromatic carbocycles. The second kappa shape index (κ2) is 9.69. The third kappa shape index (κ3) is 5.74. The Kier molecular flexibility index (Phi) is 6.68. The van der Waals surface area contributed by atoms with Crippen molar-refractivity contribution in [3.8, 4) is 5.75 Å². The van der Waals surface area contributed by atoms with Crippen molar-refractivity contribution >= 4 is 11.6 Å². The summed E-state index contributed by atoms with van der Waals surface area (Å²) < 4.78 is 52.0. The number of nitrogens with one attached hydrogen (secondary N) is 1. The summed E-state index contributed by atoms with van der Waals surface area (Å²) in [5.41, 5.74) is 2.44. The van der Waals surface area contributed by atoms with Crippen LogP contribution in [-0.4, -0.2) is 15.7 Å². The maximum Gasteiger partial charge on any atom is 0.416 e. The summed E-state index contributed by atoms with van der Waals surface area (Å²) in [5, 5.41) is 7.18. The smallest absolute Gasteiger partial charge is 0.416 e. The fourth-order valence-corrected chi connectivity index (χ4v) is 3.66. The lowest BCUT2D eigenvalue weighted by atomic mass is 10.1. The van der Waals surface area contributed by atoms with Gasteiger partial charge in [-0.1, -0.05) is 24.3 Å². The number of ether oxygens (including phenoxy) is 1. The van der Waals surface area contributed by atoms with Crippen molar-refractivity contribution in [2.24, 2.45) is 0 Å². The number of furan rings is 1. The Labute approximate surface area is 200 Å². The molecular weight excluding hydrogens is 459 g/mol. The highest BCUT2D eigenvalue weighted by molar-refractivity contribution is 6.02. The molecule has 4 aromatic rings. The minimum atomic E-state index is -4.42. The number of rotatable bonds is 7. The van der Waals surface area contributed by atoms with Crippen LogP contribution in [0.15, 0.2) is 65.1 Å². The maximum absolute atomic E-state index is 13.0. The number of carbonyl (C=O) groups is 1. The molecule has 0 aliphatic carbocycles. The lowest BCUT2D eigenvalue weighted by molar-refractivity contribution is -0.137. The van der Waals surface area contributed by atoms with Gasteiger partial charge in [-0.3, -0.25) is 9.48 Å². The Morgan fingerprint density at radius 3 is 2.57 bits per heavy atom. The molecule has 0 radical (unpaired) electrons. The van der Waals surface area contributed by atoms with Gasteiger partial charge in [0.2, 0.25) is 0 Å². The van der Waals surface area contributed by atoms with Gasteiger partial charge >= 0.3 is 6.18 Å². The van der Waals surface area contributed by atoms with Gasteiger partial charge in [0.1, 0.15) is 18.1 Å². The predicted molar refractivity (Wildman–Crippen MR) is 124 cm³/mol. The molecule has 35 heavy (non-hydrogen) atoms. The molecule has 0 saturated heterocycles. The molecule has 0 spiro atoms. The molecule has 0 unspecified atom stereocenters. The van der Waals surface area contributed by atoms with E-state index in [1.165, 1.54) is 6.07 Å². The summed E-state index contributed by atoms with van der Waals surface area (Å²) >= 11 is 0. The minimum absolute atomic E-state index is 0.109. The van der Waals surface area contributed by atoms with Crippen molar-refractivity contribution in [3.05, 3.63) is 100 Å². The fraction of sp³-hybridized carbons (Fsp3) is 0.231. The Morgan fingerprint density at radius 1 is 1.06 bits per heavy atom. The molecule has 1 N–H and O–H groups in total. The van der Waals surface area contributed by atoms with E-state index in [0.717, 1.165) is 17.7 Å². The molecule has 0 saturated carbocycles. The molecule has 6 nitrogen and oxygen atoms in total. The number of amides is 1. The van der Waals surface area contributed by atoms with E-state index in [1.807, 2.05) is 31.2 Å². The van der Waals surface area contributed by atoms with E-state index in [1.54, 1.807) is 36.7 Å². The zero-order valence-corrected chi connectivity index (χ0v) is 19.4. The van der Waals surface area contributed by atoms with Crippen LogP contribution in [0.3, 0.4) is 0 Å². The lowest BCUT2D eigenvalue weighted by Gasteiger charge is -2.10. The normalized spacial score (nSPS) is 11.5. The summed E-state index contributed by atoms with van der Waals surface area (Å²) in [5.74, 6) is 0.839. The van der Waals surface area contributed by atoms with Gasteiger partial charge < -0.3 is 14.5 Å². The van der Waals surface area contributed by atoms with Gasteiger partial charge in [0, 0.05) is 0 Å². The molecule has 0 atom stereocenters. The number of anilines is 1. The topological polar surface area (TPSA) is 69.3 Å². The SMILES string of the molecule is Cc1cccc(OCc2ccc(C(=O)Nc3c(C)nn(Cc4cccc(C(F)(F)F)c4)c3C)o2)c1. The van der Waals surface area contributed by atoms with E-state index >= 15 is 0 Å². The molecule has 2 aromatic heterocycles. The van der Waals surface area contributed by atoms with E-state index in [0.29, 0.717) is 34.1 Å². The third-order valence-corrected chi connectivity index (χ3v) is 5.46. The average molecular weight is 483 g/mol. The highest BCUT2D eigenvalue weighted by atomic mass is 19.4. The zero-order valence-electron chi connectivity index (χ0n) is 19.4. The van der Waals surface area contributed by atoms with E-state index < -0.39 is 17.6 Å². The van der Waals surface area contributed by atoms with Crippen LogP contribution in [0.5, 0.6) is 5.75 Å². The number of carbonyl (C=O) groups excluding carboxylic acids is 1. The van der Waals surface area contributed by atoms with Gasteiger partial charge in [0.05, 0.1) is 29.2 Å². The molecule has 4 rings (SSSR count). The second-order valence-electron chi connectivity index (χ2n) is 8.23. The van der Waals surface area contributed by atoms with Crippen molar-refractivity contribution < 1.29 is 27.1 Å². The van der Waals surface area contributed by atoms with Gasteiger partial charge in [-0.25, -0.2) is 0 Å². The van der Waals surface area contributed by atoms with E-state index in [-0.39, 0.29) is 18.9 Å². The minimum Gasteiger partial charge on any atom is -0.486 e. The Morgan fingerprint density at radius 2 is 1.83 bits per heavy atom. The summed E-state index contributed by atoms with van der Waals surface area (Å²) in [6, 6.07) is 15.9. The number of aryl methyl sites for hydroxylation is 2. The quantitative estimate of drug-likeness (QED) is 0.335. The predicted octanol–water partition coefficient (Wildman–Crippen LogP) is 6.30. The number of halogens is 3. The van der Waals surface area contributed by atoms with Gasteiger partial charge in [-0.2, -0.15) is 18.3 Å². The number of alkyl halides is 3.